The van der Waals surface area contributed by atoms with Gasteiger partial charge in [0.15, 0.2) is 0 Å². The number of benzene rings is 3. The molecule has 5 nitrogen and oxygen atoms in total. The number of fused-ring (bicyclic) bond motifs is 1. The van der Waals surface area contributed by atoms with Crippen LogP contribution in [0, 0.1) is 0 Å². The van der Waals surface area contributed by atoms with Crippen LogP contribution in [0.1, 0.15) is 24.0 Å². The molecule has 1 heterocycles. The highest BCUT2D eigenvalue weighted by atomic mass is 35.5. The Labute approximate surface area is 199 Å². The summed E-state index contributed by atoms with van der Waals surface area (Å²) < 4.78 is 11.2. The Kier molecular flexibility index (Phi) is 7.89. The first-order chi connectivity index (χ1) is 16.2. The van der Waals surface area contributed by atoms with Gasteiger partial charge >= 0.3 is 0 Å². The lowest BCUT2D eigenvalue weighted by atomic mass is 9.90. The van der Waals surface area contributed by atoms with Crippen molar-refractivity contribution < 1.29 is 14.6 Å². The molecule has 0 saturated heterocycles. The Morgan fingerprint density at radius 1 is 0.879 bits per heavy atom. The zero-order valence-electron chi connectivity index (χ0n) is 18.6. The molecule has 2 atom stereocenters. The zero-order chi connectivity index (χ0) is 23.0. The number of nitrogens with one attached hydrogen (secondary N) is 2. The van der Waals surface area contributed by atoms with Crippen molar-refractivity contribution in [3.05, 3.63) is 95.1 Å². The lowest BCUT2D eigenvalue weighted by molar-refractivity contribution is 0.106. The molecule has 0 saturated carbocycles. The van der Waals surface area contributed by atoms with Gasteiger partial charge in [-0.25, -0.2) is 0 Å². The second-order valence-electron chi connectivity index (χ2n) is 7.89. The van der Waals surface area contributed by atoms with Crippen LogP contribution < -0.4 is 14.8 Å². The van der Waals surface area contributed by atoms with E-state index in [0.29, 0.717) is 25.4 Å². The van der Waals surface area contributed by atoms with E-state index in [1.807, 2.05) is 67.7 Å². The quantitative estimate of drug-likeness (QED) is 0.279. The molecule has 3 N–H and O–H groups in total. The summed E-state index contributed by atoms with van der Waals surface area (Å²) in [6.45, 7) is 3.80. The maximum atomic E-state index is 10.4. The SMILES string of the molecule is CCOc1ccc(OCC(O)CNCC(c2ccccc2Cl)c2c[nH]c3ccccc23)cc1. The molecule has 2 unspecified atom stereocenters. The zero-order valence-corrected chi connectivity index (χ0v) is 19.4. The van der Waals surface area contributed by atoms with E-state index in [2.05, 4.69) is 28.5 Å². The number of aliphatic hydroxyl groups excluding tert-OH is 1. The average molecular weight is 465 g/mol. The van der Waals surface area contributed by atoms with Crippen LogP contribution in [0.4, 0.5) is 0 Å². The highest BCUT2D eigenvalue weighted by molar-refractivity contribution is 6.31. The average Bonchev–Trinajstić information content (AvgIpc) is 3.26. The molecule has 4 rings (SSSR count). The molecule has 3 aromatic carbocycles. The van der Waals surface area contributed by atoms with Crippen molar-refractivity contribution in [3.8, 4) is 11.5 Å². The molecule has 0 fully saturated rings. The molecule has 172 valence electrons. The molecule has 0 radical (unpaired) electrons. The van der Waals surface area contributed by atoms with Crippen molar-refractivity contribution in [2.24, 2.45) is 0 Å². The van der Waals surface area contributed by atoms with E-state index in [0.717, 1.165) is 21.9 Å². The predicted octanol–water partition coefficient (Wildman–Crippen LogP) is 5.38. The second kappa shape index (κ2) is 11.2. The largest absolute Gasteiger partial charge is 0.494 e. The van der Waals surface area contributed by atoms with E-state index in [4.69, 9.17) is 21.1 Å². The predicted molar refractivity (Wildman–Crippen MR) is 134 cm³/mol. The summed E-state index contributed by atoms with van der Waals surface area (Å²) >= 11 is 6.56. The van der Waals surface area contributed by atoms with Gasteiger partial charge in [-0.3, -0.25) is 0 Å². The third-order valence-corrected chi connectivity index (χ3v) is 5.93. The van der Waals surface area contributed by atoms with Crippen LogP contribution in [0.5, 0.6) is 11.5 Å². The molecule has 33 heavy (non-hydrogen) atoms. The third-order valence-electron chi connectivity index (χ3n) is 5.58. The maximum absolute atomic E-state index is 10.4. The van der Waals surface area contributed by atoms with Crippen LogP contribution >= 0.6 is 11.6 Å². The molecule has 4 aromatic rings. The standard InChI is InChI=1S/C27H29ClN2O3/c1-2-32-20-11-13-21(14-12-20)33-18-19(31)15-29-16-24(22-7-3-5-9-26(22)28)25-17-30-27-10-6-4-8-23(25)27/h3-14,17,19,24,29-31H,2,15-16,18H2,1H3. The van der Waals surface area contributed by atoms with Crippen LogP contribution in [-0.2, 0) is 0 Å². The van der Waals surface area contributed by atoms with Gasteiger partial charge in [0.05, 0.1) is 6.61 Å². The van der Waals surface area contributed by atoms with Gasteiger partial charge in [-0.15, -0.1) is 0 Å². The minimum Gasteiger partial charge on any atom is -0.494 e. The summed E-state index contributed by atoms with van der Waals surface area (Å²) in [4.78, 5) is 3.36. The molecular formula is C27H29ClN2O3. The fraction of sp³-hybridized carbons (Fsp3) is 0.259. The summed E-state index contributed by atoms with van der Waals surface area (Å²) in [5.41, 5.74) is 3.32. The van der Waals surface area contributed by atoms with Crippen molar-refractivity contribution in [2.45, 2.75) is 18.9 Å². The van der Waals surface area contributed by atoms with Crippen molar-refractivity contribution in [2.75, 3.05) is 26.3 Å². The summed E-state index contributed by atoms with van der Waals surface area (Å²) in [6.07, 6.45) is 1.40. The number of para-hydroxylation sites is 1. The van der Waals surface area contributed by atoms with Gasteiger partial charge in [0.2, 0.25) is 0 Å². The lowest BCUT2D eigenvalue weighted by Crippen LogP contribution is -2.34. The van der Waals surface area contributed by atoms with E-state index < -0.39 is 6.10 Å². The van der Waals surface area contributed by atoms with Gasteiger partial charge in [-0.05, 0) is 54.4 Å². The van der Waals surface area contributed by atoms with Crippen molar-refractivity contribution in [1.29, 1.82) is 0 Å². The molecule has 0 spiro atoms. The molecule has 0 bridgehead atoms. The molecule has 6 heteroatoms. The number of ether oxygens (including phenoxy) is 2. The van der Waals surface area contributed by atoms with Gasteiger partial charge in [-0.1, -0.05) is 48.0 Å². The fourth-order valence-electron chi connectivity index (χ4n) is 3.97. The summed E-state index contributed by atoms with van der Waals surface area (Å²) in [5, 5.41) is 15.7. The summed E-state index contributed by atoms with van der Waals surface area (Å²) in [5.74, 6) is 1.54. The molecule has 0 amide bonds. The van der Waals surface area contributed by atoms with Gasteiger partial charge in [-0.2, -0.15) is 0 Å². The number of hydrogen-bond acceptors (Lipinski definition) is 4. The van der Waals surface area contributed by atoms with Crippen molar-refractivity contribution >= 4 is 22.5 Å². The minimum absolute atomic E-state index is 0.0362. The number of rotatable bonds is 11. The maximum Gasteiger partial charge on any atom is 0.119 e. The Morgan fingerprint density at radius 2 is 1.58 bits per heavy atom. The lowest BCUT2D eigenvalue weighted by Gasteiger charge is -2.21. The van der Waals surface area contributed by atoms with Crippen LogP contribution in [0.15, 0.2) is 79.0 Å². The Bertz CT molecular complexity index is 1160. The van der Waals surface area contributed by atoms with E-state index in [1.165, 1.54) is 10.9 Å². The molecule has 0 aliphatic carbocycles. The first kappa shape index (κ1) is 23.2. The normalized spacial score (nSPS) is 13.1. The number of aliphatic hydroxyl groups is 1. The third kappa shape index (κ3) is 5.88. The van der Waals surface area contributed by atoms with Crippen molar-refractivity contribution in [1.82, 2.24) is 10.3 Å². The number of hydrogen-bond donors (Lipinski definition) is 3. The van der Waals surface area contributed by atoms with Crippen LogP contribution in [0.2, 0.25) is 5.02 Å². The summed E-state index contributed by atoms with van der Waals surface area (Å²) in [7, 11) is 0. The Morgan fingerprint density at radius 3 is 2.33 bits per heavy atom. The smallest absolute Gasteiger partial charge is 0.119 e. The van der Waals surface area contributed by atoms with Gasteiger partial charge in [0.1, 0.15) is 24.2 Å². The van der Waals surface area contributed by atoms with E-state index >= 15 is 0 Å². The number of halogens is 1. The van der Waals surface area contributed by atoms with E-state index in [-0.39, 0.29) is 12.5 Å². The number of aromatic amines is 1. The van der Waals surface area contributed by atoms with E-state index in [1.54, 1.807) is 0 Å². The first-order valence-corrected chi connectivity index (χ1v) is 11.6. The van der Waals surface area contributed by atoms with Gasteiger partial charge < -0.3 is 24.9 Å². The summed E-state index contributed by atoms with van der Waals surface area (Å²) in [6, 6.07) is 23.6. The first-order valence-electron chi connectivity index (χ1n) is 11.2. The number of aromatic nitrogens is 1. The molecule has 1 aromatic heterocycles. The monoisotopic (exact) mass is 464 g/mol. The second-order valence-corrected chi connectivity index (χ2v) is 8.30. The Balaban J connectivity index is 1.38. The van der Waals surface area contributed by atoms with Gasteiger partial charge in [0, 0.05) is 41.1 Å². The highest BCUT2D eigenvalue weighted by Crippen LogP contribution is 2.34. The highest BCUT2D eigenvalue weighted by Gasteiger charge is 2.20. The number of H-pyrrole nitrogens is 1. The topological polar surface area (TPSA) is 66.5 Å². The molecular weight excluding hydrogens is 436 g/mol. The molecule has 0 aliphatic rings. The molecule has 0 aliphatic heterocycles. The van der Waals surface area contributed by atoms with Crippen LogP contribution in [0.25, 0.3) is 10.9 Å². The van der Waals surface area contributed by atoms with Crippen molar-refractivity contribution in [3.63, 3.8) is 0 Å². The van der Waals surface area contributed by atoms with Crippen LogP contribution in [-0.4, -0.2) is 42.5 Å². The fourth-order valence-corrected chi connectivity index (χ4v) is 4.24. The van der Waals surface area contributed by atoms with E-state index in [9.17, 15) is 5.11 Å². The van der Waals surface area contributed by atoms with Gasteiger partial charge in [0.25, 0.3) is 0 Å². The minimum atomic E-state index is -0.647. The van der Waals surface area contributed by atoms with Crippen LogP contribution in [0.3, 0.4) is 0 Å². The Hall–Kier alpha value is -2.99.